The number of rotatable bonds is 5. The summed E-state index contributed by atoms with van der Waals surface area (Å²) in [5, 5.41) is 4.74. The average Bonchev–Trinajstić information content (AvgIpc) is 2.84. The Labute approximate surface area is 129 Å². The van der Waals surface area contributed by atoms with Gasteiger partial charge in [-0.3, -0.25) is 4.68 Å². The van der Waals surface area contributed by atoms with Gasteiger partial charge in [-0.05, 0) is 43.5 Å². The van der Waals surface area contributed by atoms with Crippen LogP contribution in [0.15, 0.2) is 34.8 Å². The maximum Gasteiger partial charge on any atom is 0.0919 e. The second-order valence-electron chi connectivity index (χ2n) is 5.13. The van der Waals surface area contributed by atoms with Gasteiger partial charge in [0, 0.05) is 16.2 Å². The van der Waals surface area contributed by atoms with Gasteiger partial charge in [-0.2, -0.15) is 5.10 Å². The topological polar surface area (TPSA) is 43.8 Å². The SMILES string of the molecule is CCc1cc(CC)n(C(c2ccc(Br)cc2)C(C)N)n1. The number of aryl methyl sites for hydroxylation is 2. The van der Waals surface area contributed by atoms with E-state index in [4.69, 9.17) is 10.8 Å². The Balaban J connectivity index is 2.48. The molecule has 108 valence electrons. The van der Waals surface area contributed by atoms with Crippen molar-refractivity contribution in [3.05, 3.63) is 51.8 Å². The summed E-state index contributed by atoms with van der Waals surface area (Å²) in [5.74, 6) is 0. The van der Waals surface area contributed by atoms with Crippen LogP contribution in [0.3, 0.4) is 0 Å². The highest BCUT2D eigenvalue weighted by Gasteiger charge is 2.22. The van der Waals surface area contributed by atoms with E-state index in [9.17, 15) is 0 Å². The molecule has 2 unspecified atom stereocenters. The van der Waals surface area contributed by atoms with E-state index >= 15 is 0 Å². The summed E-state index contributed by atoms with van der Waals surface area (Å²) in [7, 11) is 0. The molecule has 0 aliphatic heterocycles. The van der Waals surface area contributed by atoms with Crippen LogP contribution in [0.2, 0.25) is 0 Å². The molecule has 0 bridgehead atoms. The van der Waals surface area contributed by atoms with Crippen molar-refractivity contribution in [2.24, 2.45) is 5.73 Å². The van der Waals surface area contributed by atoms with Crippen molar-refractivity contribution >= 4 is 15.9 Å². The minimum absolute atomic E-state index is 0.00563. The second kappa shape index (κ2) is 6.55. The fourth-order valence-electron chi connectivity index (χ4n) is 2.50. The summed E-state index contributed by atoms with van der Waals surface area (Å²) in [6, 6.07) is 10.6. The first kappa shape index (κ1) is 15.3. The Bertz CT molecular complexity index is 558. The van der Waals surface area contributed by atoms with Crippen LogP contribution in [-0.2, 0) is 12.8 Å². The number of benzene rings is 1. The molecule has 2 aromatic rings. The first-order valence-corrected chi connectivity index (χ1v) is 7.94. The van der Waals surface area contributed by atoms with Gasteiger partial charge < -0.3 is 5.73 Å². The third kappa shape index (κ3) is 3.13. The van der Waals surface area contributed by atoms with E-state index in [0.29, 0.717) is 0 Å². The van der Waals surface area contributed by atoms with Gasteiger partial charge in [0.2, 0.25) is 0 Å². The summed E-state index contributed by atoms with van der Waals surface area (Å²) in [6.07, 6.45) is 1.92. The summed E-state index contributed by atoms with van der Waals surface area (Å²) in [6.45, 7) is 6.33. The van der Waals surface area contributed by atoms with Crippen LogP contribution >= 0.6 is 15.9 Å². The highest BCUT2D eigenvalue weighted by Crippen LogP contribution is 2.25. The van der Waals surface area contributed by atoms with Crippen LogP contribution in [-0.4, -0.2) is 15.8 Å². The maximum atomic E-state index is 6.24. The van der Waals surface area contributed by atoms with E-state index in [0.717, 1.165) is 23.0 Å². The van der Waals surface area contributed by atoms with Crippen molar-refractivity contribution < 1.29 is 0 Å². The molecule has 0 saturated heterocycles. The zero-order valence-electron chi connectivity index (χ0n) is 12.3. The Morgan fingerprint density at radius 3 is 2.35 bits per heavy atom. The fourth-order valence-corrected chi connectivity index (χ4v) is 2.76. The third-order valence-corrected chi connectivity index (χ3v) is 4.09. The molecule has 4 heteroatoms. The van der Waals surface area contributed by atoms with Crippen LogP contribution in [0.4, 0.5) is 0 Å². The lowest BCUT2D eigenvalue weighted by atomic mass is 10.0. The number of hydrogen-bond donors (Lipinski definition) is 1. The summed E-state index contributed by atoms with van der Waals surface area (Å²) < 4.78 is 3.18. The lowest BCUT2D eigenvalue weighted by molar-refractivity contribution is 0.438. The van der Waals surface area contributed by atoms with Crippen LogP contribution in [0, 0.1) is 0 Å². The number of halogens is 1. The number of nitrogens with zero attached hydrogens (tertiary/aromatic N) is 2. The van der Waals surface area contributed by atoms with Gasteiger partial charge in [-0.1, -0.05) is 41.9 Å². The van der Waals surface area contributed by atoms with Gasteiger partial charge >= 0.3 is 0 Å². The third-order valence-electron chi connectivity index (χ3n) is 3.56. The van der Waals surface area contributed by atoms with Crippen molar-refractivity contribution in [2.75, 3.05) is 0 Å². The Morgan fingerprint density at radius 2 is 1.85 bits per heavy atom. The molecular weight excluding hydrogens is 314 g/mol. The molecular formula is C16H22BrN3. The first-order chi connectivity index (χ1) is 9.56. The smallest absolute Gasteiger partial charge is 0.0919 e. The van der Waals surface area contributed by atoms with Gasteiger partial charge in [0.05, 0.1) is 11.7 Å². The Kier molecular flexibility index (Phi) is 5.00. The molecule has 0 amide bonds. The molecule has 20 heavy (non-hydrogen) atoms. The predicted octanol–water partition coefficient (Wildman–Crippen LogP) is 3.71. The summed E-state index contributed by atoms with van der Waals surface area (Å²) in [4.78, 5) is 0. The van der Waals surface area contributed by atoms with E-state index in [1.54, 1.807) is 0 Å². The largest absolute Gasteiger partial charge is 0.326 e. The van der Waals surface area contributed by atoms with E-state index in [1.807, 2.05) is 6.92 Å². The lowest BCUT2D eigenvalue weighted by Crippen LogP contribution is -2.32. The molecule has 0 fully saturated rings. The molecule has 2 atom stereocenters. The lowest BCUT2D eigenvalue weighted by Gasteiger charge is -2.24. The van der Waals surface area contributed by atoms with Crippen molar-refractivity contribution in [1.82, 2.24) is 9.78 Å². The van der Waals surface area contributed by atoms with Crippen LogP contribution < -0.4 is 5.73 Å². The maximum absolute atomic E-state index is 6.24. The fraction of sp³-hybridized carbons (Fsp3) is 0.438. The van der Waals surface area contributed by atoms with Gasteiger partial charge in [-0.15, -0.1) is 0 Å². The zero-order chi connectivity index (χ0) is 14.7. The van der Waals surface area contributed by atoms with Crippen LogP contribution in [0.1, 0.15) is 43.8 Å². The number of nitrogens with two attached hydrogens (primary N) is 1. The molecule has 2 rings (SSSR count). The van der Waals surface area contributed by atoms with Gasteiger partial charge in [0.15, 0.2) is 0 Å². The minimum atomic E-state index is 0.00563. The predicted molar refractivity (Wildman–Crippen MR) is 86.9 cm³/mol. The highest BCUT2D eigenvalue weighted by molar-refractivity contribution is 9.10. The summed E-state index contributed by atoms with van der Waals surface area (Å²) >= 11 is 3.48. The molecule has 1 heterocycles. The molecule has 0 aliphatic rings. The zero-order valence-corrected chi connectivity index (χ0v) is 13.9. The van der Waals surface area contributed by atoms with E-state index in [2.05, 4.69) is 64.8 Å². The number of hydrogen-bond acceptors (Lipinski definition) is 2. The van der Waals surface area contributed by atoms with Crippen LogP contribution in [0.25, 0.3) is 0 Å². The molecule has 0 saturated carbocycles. The standard InChI is InChI=1S/C16H22BrN3/c1-4-14-10-15(5-2)20(19-14)16(11(3)18)12-6-8-13(17)9-7-12/h6-11,16H,4-5,18H2,1-3H3. The molecule has 0 radical (unpaired) electrons. The quantitative estimate of drug-likeness (QED) is 0.905. The molecule has 3 nitrogen and oxygen atoms in total. The highest BCUT2D eigenvalue weighted by atomic mass is 79.9. The summed E-state index contributed by atoms with van der Waals surface area (Å²) in [5.41, 5.74) is 9.81. The molecule has 0 aliphatic carbocycles. The first-order valence-electron chi connectivity index (χ1n) is 7.15. The van der Waals surface area contributed by atoms with E-state index < -0.39 is 0 Å². The monoisotopic (exact) mass is 335 g/mol. The van der Waals surface area contributed by atoms with Crippen molar-refractivity contribution in [3.8, 4) is 0 Å². The Morgan fingerprint density at radius 1 is 1.20 bits per heavy atom. The van der Waals surface area contributed by atoms with Crippen molar-refractivity contribution in [1.29, 1.82) is 0 Å². The van der Waals surface area contributed by atoms with Crippen LogP contribution in [0.5, 0.6) is 0 Å². The number of aromatic nitrogens is 2. The van der Waals surface area contributed by atoms with E-state index in [-0.39, 0.29) is 12.1 Å². The second-order valence-corrected chi connectivity index (χ2v) is 6.05. The van der Waals surface area contributed by atoms with Crippen molar-refractivity contribution in [3.63, 3.8) is 0 Å². The van der Waals surface area contributed by atoms with E-state index in [1.165, 1.54) is 11.3 Å². The Hall–Kier alpha value is -1.13. The van der Waals surface area contributed by atoms with Gasteiger partial charge in [-0.25, -0.2) is 0 Å². The molecule has 1 aromatic heterocycles. The van der Waals surface area contributed by atoms with Crippen molar-refractivity contribution in [2.45, 2.75) is 45.7 Å². The minimum Gasteiger partial charge on any atom is -0.326 e. The average molecular weight is 336 g/mol. The van der Waals surface area contributed by atoms with Gasteiger partial charge in [0.25, 0.3) is 0 Å². The molecule has 0 spiro atoms. The normalized spacial score (nSPS) is 14.2. The molecule has 1 aromatic carbocycles. The molecule has 2 N–H and O–H groups in total. The van der Waals surface area contributed by atoms with Gasteiger partial charge in [0.1, 0.15) is 0 Å².